The molecule has 31 heavy (non-hydrogen) atoms. The van der Waals surface area contributed by atoms with E-state index >= 15 is 0 Å². The Hall–Kier alpha value is -3.68. The number of hydrogen-bond donors (Lipinski definition) is 1. The number of nitrogens with one attached hydrogen (secondary N) is 1. The van der Waals surface area contributed by atoms with Crippen molar-refractivity contribution in [1.82, 2.24) is 19.4 Å². The normalized spacial score (nSPS) is 12.6. The van der Waals surface area contributed by atoms with Gasteiger partial charge < -0.3 is 14.8 Å². The highest BCUT2D eigenvalue weighted by molar-refractivity contribution is 5.81. The van der Waals surface area contributed by atoms with Gasteiger partial charge in [0.2, 0.25) is 11.8 Å². The van der Waals surface area contributed by atoms with E-state index in [1.165, 1.54) is 6.07 Å². The maximum absolute atomic E-state index is 14.5. The molecule has 1 aliphatic rings. The van der Waals surface area contributed by atoms with Gasteiger partial charge in [0.1, 0.15) is 17.2 Å². The summed E-state index contributed by atoms with van der Waals surface area (Å²) in [5, 5.41) is 3.28. The van der Waals surface area contributed by atoms with Crippen LogP contribution in [-0.4, -0.2) is 32.6 Å². The number of aryl methyl sites for hydroxylation is 1. The van der Waals surface area contributed by atoms with E-state index < -0.39 is 0 Å². The monoisotopic (exact) mass is 419 g/mol. The Balaban J connectivity index is 1.53. The largest absolute Gasteiger partial charge is 0.493 e. The number of nitrogens with zero attached hydrogens (tertiary/aromatic N) is 4. The number of halogens is 1. The minimum absolute atomic E-state index is 0.247. The van der Waals surface area contributed by atoms with Crippen molar-refractivity contribution in [3.8, 4) is 22.8 Å². The predicted molar refractivity (Wildman–Crippen MR) is 115 cm³/mol. The number of pyridine rings is 1. The quantitative estimate of drug-likeness (QED) is 0.505. The van der Waals surface area contributed by atoms with Crippen molar-refractivity contribution < 1.29 is 13.9 Å². The van der Waals surface area contributed by atoms with E-state index in [-0.39, 0.29) is 5.82 Å². The van der Waals surface area contributed by atoms with Gasteiger partial charge in [-0.15, -0.1) is 0 Å². The molecule has 4 heterocycles. The Labute approximate surface area is 178 Å². The molecule has 1 N–H and O–H groups in total. The molecule has 5 rings (SSSR count). The minimum atomic E-state index is -0.247. The van der Waals surface area contributed by atoms with Crippen LogP contribution in [0.5, 0.6) is 11.6 Å². The summed E-state index contributed by atoms with van der Waals surface area (Å²) in [6.07, 6.45) is 6.05. The third kappa shape index (κ3) is 3.43. The SMILES string of the molecule is CCOc1ncccc1-c1cnc(NCc2c(F)ccc3c2CCO3)n2cc(C)nc12. The third-order valence-electron chi connectivity index (χ3n) is 5.32. The fourth-order valence-electron chi connectivity index (χ4n) is 3.94. The fourth-order valence-corrected chi connectivity index (χ4v) is 3.94. The Morgan fingerprint density at radius 1 is 1.23 bits per heavy atom. The Morgan fingerprint density at radius 2 is 2.13 bits per heavy atom. The van der Waals surface area contributed by atoms with Gasteiger partial charge in [0, 0.05) is 53.8 Å². The fraction of sp³-hybridized carbons (Fsp3) is 0.261. The zero-order valence-electron chi connectivity index (χ0n) is 17.4. The molecule has 3 aromatic heterocycles. The van der Waals surface area contributed by atoms with Gasteiger partial charge >= 0.3 is 0 Å². The standard InChI is InChI=1S/C23H22FN5O2/c1-3-30-22-16(5-4-9-25-22)18-12-27-23(29-13-14(2)28-21(18)29)26-11-17-15-8-10-31-20(15)7-6-19(17)24/h4-7,9,12-13H,3,8,10-11H2,1-2H3,(H,26,27). The molecule has 0 unspecified atom stereocenters. The lowest BCUT2D eigenvalue weighted by atomic mass is 10.0. The Morgan fingerprint density at radius 3 is 3.00 bits per heavy atom. The third-order valence-corrected chi connectivity index (χ3v) is 5.32. The average Bonchev–Trinajstić information content (AvgIpc) is 3.40. The predicted octanol–water partition coefficient (Wildman–Crippen LogP) is 4.18. The molecule has 0 spiro atoms. The van der Waals surface area contributed by atoms with Crippen LogP contribution in [0.15, 0.2) is 42.9 Å². The van der Waals surface area contributed by atoms with E-state index in [0.29, 0.717) is 43.6 Å². The first-order chi connectivity index (χ1) is 15.2. The topological polar surface area (TPSA) is 73.6 Å². The van der Waals surface area contributed by atoms with E-state index in [1.807, 2.05) is 36.6 Å². The highest BCUT2D eigenvalue weighted by Gasteiger charge is 2.20. The van der Waals surface area contributed by atoms with Gasteiger partial charge in [-0.2, -0.15) is 0 Å². The molecule has 4 aromatic rings. The second-order valence-corrected chi connectivity index (χ2v) is 7.32. The van der Waals surface area contributed by atoms with E-state index in [0.717, 1.165) is 33.8 Å². The van der Waals surface area contributed by atoms with Crippen LogP contribution >= 0.6 is 0 Å². The van der Waals surface area contributed by atoms with Crippen LogP contribution in [0, 0.1) is 12.7 Å². The Bertz CT molecular complexity index is 1270. The second-order valence-electron chi connectivity index (χ2n) is 7.32. The molecule has 1 aliphatic heterocycles. The molecule has 0 aliphatic carbocycles. The van der Waals surface area contributed by atoms with Crippen molar-refractivity contribution in [2.75, 3.05) is 18.5 Å². The first-order valence-electron chi connectivity index (χ1n) is 10.3. The van der Waals surface area contributed by atoms with Crippen molar-refractivity contribution in [1.29, 1.82) is 0 Å². The maximum atomic E-state index is 14.5. The molecule has 0 atom stereocenters. The van der Waals surface area contributed by atoms with Crippen LogP contribution in [-0.2, 0) is 13.0 Å². The van der Waals surface area contributed by atoms with Crippen molar-refractivity contribution in [3.05, 3.63) is 65.5 Å². The number of ether oxygens (including phenoxy) is 2. The van der Waals surface area contributed by atoms with Crippen LogP contribution < -0.4 is 14.8 Å². The molecule has 8 heteroatoms. The Kier molecular flexibility index (Phi) is 4.89. The summed E-state index contributed by atoms with van der Waals surface area (Å²) < 4.78 is 27.7. The van der Waals surface area contributed by atoms with Gasteiger partial charge in [-0.1, -0.05) is 0 Å². The van der Waals surface area contributed by atoms with Gasteiger partial charge in [-0.3, -0.25) is 4.40 Å². The van der Waals surface area contributed by atoms with Crippen LogP contribution in [0.1, 0.15) is 23.7 Å². The summed E-state index contributed by atoms with van der Waals surface area (Å²) in [5.41, 5.74) is 4.74. The number of benzene rings is 1. The van der Waals surface area contributed by atoms with Crippen LogP contribution in [0.2, 0.25) is 0 Å². The van der Waals surface area contributed by atoms with Crippen molar-refractivity contribution in [2.24, 2.45) is 0 Å². The summed E-state index contributed by atoms with van der Waals surface area (Å²) in [5.74, 6) is 1.63. The number of rotatable bonds is 6. The molecule has 0 saturated carbocycles. The highest BCUT2D eigenvalue weighted by atomic mass is 19.1. The van der Waals surface area contributed by atoms with Crippen LogP contribution in [0.4, 0.5) is 10.3 Å². The number of fused-ring (bicyclic) bond motifs is 2. The minimum Gasteiger partial charge on any atom is -0.493 e. The lowest BCUT2D eigenvalue weighted by molar-refractivity contribution is 0.328. The van der Waals surface area contributed by atoms with Crippen molar-refractivity contribution in [2.45, 2.75) is 26.8 Å². The zero-order chi connectivity index (χ0) is 21.4. The van der Waals surface area contributed by atoms with Crippen LogP contribution in [0.3, 0.4) is 0 Å². The highest BCUT2D eigenvalue weighted by Crippen LogP contribution is 2.33. The van der Waals surface area contributed by atoms with Gasteiger partial charge in [0.05, 0.1) is 18.9 Å². The number of hydrogen-bond acceptors (Lipinski definition) is 6. The van der Waals surface area contributed by atoms with Gasteiger partial charge in [0.15, 0.2) is 0 Å². The van der Waals surface area contributed by atoms with E-state index in [1.54, 1.807) is 18.5 Å². The van der Waals surface area contributed by atoms with Crippen molar-refractivity contribution >= 4 is 11.6 Å². The molecular formula is C23H22FN5O2. The van der Waals surface area contributed by atoms with E-state index in [2.05, 4.69) is 20.3 Å². The maximum Gasteiger partial charge on any atom is 0.221 e. The summed E-state index contributed by atoms with van der Waals surface area (Å²) in [7, 11) is 0. The summed E-state index contributed by atoms with van der Waals surface area (Å²) in [6.45, 7) is 5.24. The molecule has 0 amide bonds. The van der Waals surface area contributed by atoms with E-state index in [4.69, 9.17) is 9.47 Å². The van der Waals surface area contributed by atoms with Gasteiger partial charge in [-0.05, 0) is 38.1 Å². The number of imidazole rings is 1. The molecule has 0 radical (unpaired) electrons. The van der Waals surface area contributed by atoms with Gasteiger partial charge in [-0.25, -0.2) is 19.3 Å². The molecule has 0 fully saturated rings. The van der Waals surface area contributed by atoms with Gasteiger partial charge in [0.25, 0.3) is 0 Å². The lowest BCUT2D eigenvalue weighted by Crippen LogP contribution is -2.10. The smallest absolute Gasteiger partial charge is 0.221 e. The second kappa shape index (κ2) is 7.86. The van der Waals surface area contributed by atoms with Crippen LogP contribution in [0.25, 0.3) is 16.8 Å². The molecule has 0 bridgehead atoms. The molecular weight excluding hydrogens is 397 g/mol. The first kappa shape index (κ1) is 19.3. The lowest BCUT2D eigenvalue weighted by Gasteiger charge is -2.14. The zero-order valence-corrected chi connectivity index (χ0v) is 17.4. The van der Waals surface area contributed by atoms with Crippen molar-refractivity contribution in [3.63, 3.8) is 0 Å². The molecule has 158 valence electrons. The number of anilines is 1. The first-order valence-corrected chi connectivity index (χ1v) is 10.3. The molecule has 1 aromatic carbocycles. The number of aromatic nitrogens is 4. The summed E-state index contributed by atoms with van der Waals surface area (Å²) in [4.78, 5) is 13.6. The summed E-state index contributed by atoms with van der Waals surface area (Å²) in [6, 6.07) is 6.94. The molecule has 7 nitrogen and oxygen atoms in total. The average molecular weight is 419 g/mol. The molecule has 0 saturated heterocycles. The summed E-state index contributed by atoms with van der Waals surface area (Å²) >= 11 is 0. The van der Waals surface area contributed by atoms with E-state index in [9.17, 15) is 4.39 Å².